The number of aliphatic hydroxyl groups excluding tert-OH is 3. The van der Waals surface area contributed by atoms with E-state index in [0.29, 0.717) is 6.42 Å². The Morgan fingerprint density at radius 1 is 1.29 bits per heavy atom. The van der Waals surface area contributed by atoms with E-state index in [4.69, 9.17) is 4.52 Å². The van der Waals surface area contributed by atoms with Crippen molar-refractivity contribution in [2.24, 2.45) is 0 Å². The third-order valence-electron chi connectivity index (χ3n) is 3.46. The highest BCUT2D eigenvalue weighted by Crippen LogP contribution is 2.55. The fourth-order valence-electron chi connectivity index (χ4n) is 2.33. The van der Waals surface area contributed by atoms with Crippen LogP contribution in [-0.2, 0) is 9.09 Å². The van der Waals surface area contributed by atoms with Crippen molar-refractivity contribution < 1.29 is 29.3 Å². The lowest BCUT2D eigenvalue weighted by atomic mass is 9.92. The molecule has 0 aromatic rings. The van der Waals surface area contributed by atoms with Gasteiger partial charge in [0.15, 0.2) is 0 Å². The molecular weight excluding hydrogens is 249 g/mol. The number of hydrogen-bond donors (Lipinski definition) is 5. The van der Waals surface area contributed by atoms with Crippen molar-refractivity contribution in [3.8, 4) is 0 Å². The molecule has 0 saturated carbocycles. The third-order valence-corrected chi connectivity index (χ3v) is 5.40. The number of nitrogens with one attached hydrogen (secondary N) is 1. The van der Waals surface area contributed by atoms with Gasteiger partial charge in [0, 0.05) is 12.6 Å². The molecule has 17 heavy (non-hydrogen) atoms. The molecule has 2 unspecified atom stereocenters. The van der Waals surface area contributed by atoms with Crippen LogP contribution in [0.15, 0.2) is 0 Å². The molecule has 100 valence electrons. The second-order valence-corrected chi connectivity index (χ2v) is 6.76. The number of rotatable bonds is 2. The average molecular weight is 267 g/mol. The zero-order valence-electron chi connectivity index (χ0n) is 9.27. The van der Waals surface area contributed by atoms with Crippen molar-refractivity contribution in [2.45, 2.75) is 42.9 Å². The Hall–Kier alpha value is -0.0100. The Bertz CT molecular complexity index is 327. The van der Waals surface area contributed by atoms with Crippen LogP contribution in [0.25, 0.3) is 0 Å². The van der Waals surface area contributed by atoms with Crippen LogP contribution in [0.4, 0.5) is 0 Å². The van der Waals surface area contributed by atoms with E-state index < -0.39 is 37.6 Å². The summed E-state index contributed by atoms with van der Waals surface area (Å²) in [5.41, 5.74) is -0.517. The van der Waals surface area contributed by atoms with E-state index in [1.54, 1.807) is 0 Å². The lowest BCUT2D eigenvalue weighted by Crippen LogP contribution is -2.60. The van der Waals surface area contributed by atoms with Crippen LogP contribution >= 0.6 is 7.60 Å². The minimum atomic E-state index is -3.58. The van der Waals surface area contributed by atoms with Crippen molar-refractivity contribution in [2.75, 3.05) is 13.2 Å². The summed E-state index contributed by atoms with van der Waals surface area (Å²) in [6.45, 7) is 0.401. The normalized spacial score (nSPS) is 51.6. The fourth-order valence-corrected chi connectivity index (χ4v) is 3.84. The maximum Gasteiger partial charge on any atom is 0.331 e. The maximum atomic E-state index is 11.6. The molecule has 0 bridgehead atoms. The molecule has 0 radical (unpaired) electrons. The van der Waals surface area contributed by atoms with Crippen molar-refractivity contribution in [3.05, 3.63) is 0 Å². The van der Waals surface area contributed by atoms with Gasteiger partial charge in [-0.3, -0.25) is 4.57 Å². The summed E-state index contributed by atoms with van der Waals surface area (Å²) in [5, 5.41) is 31.5. The first-order chi connectivity index (χ1) is 7.92. The van der Waals surface area contributed by atoms with Crippen LogP contribution in [0.5, 0.6) is 0 Å². The van der Waals surface area contributed by atoms with Crippen LogP contribution in [0.3, 0.4) is 0 Å². The topological polar surface area (TPSA) is 119 Å². The van der Waals surface area contributed by atoms with E-state index in [2.05, 4.69) is 5.32 Å². The van der Waals surface area contributed by atoms with Gasteiger partial charge in [0.25, 0.3) is 0 Å². The molecule has 2 rings (SSSR count). The quantitative estimate of drug-likeness (QED) is 0.382. The minimum absolute atomic E-state index is 0.159. The van der Waals surface area contributed by atoms with Gasteiger partial charge >= 0.3 is 7.60 Å². The molecule has 2 aliphatic rings. The highest BCUT2D eigenvalue weighted by molar-refractivity contribution is 7.53. The minimum Gasteiger partial charge on any atom is -0.389 e. The predicted octanol–water partition coefficient (Wildman–Crippen LogP) is -1.59. The molecule has 2 aliphatic heterocycles. The van der Waals surface area contributed by atoms with Crippen LogP contribution in [0.1, 0.15) is 12.8 Å². The largest absolute Gasteiger partial charge is 0.389 e. The number of β-amino-alcohol motifs (C(OH)–C–C–N with tert-alkyl or cyclic N) is 1. The molecule has 0 amide bonds. The van der Waals surface area contributed by atoms with Crippen molar-refractivity contribution >= 4 is 7.60 Å². The number of piperidine rings is 1. The van der Waals surface area contributed by atoms with E-state index in [-0.39, 0.29) is 19.6 Å². The Morgan fingerprint density at radius 3 is 2.59 bits per heavy atom. The first-order valence-electron chi connectivity index (χ1n) is 5.66. The van der Waals surface area contributed by atoms with Crippen molar-refractivity contribution in [1.29, 1.82) is 0 Å². The van der Waals surface area contributed by atoms with Gasteiger partial charge in [-0.2, -0.15) is 0 Å². The summed E-state index contributed by atoms with van der Waals surface area (Å²) in [6.07, 6.45) is -2.65. The van der Waals surface area contributed by atoms with Gasteiger partial charge in [-0.1, -0.05) is 0 Å². The van der Waals surface area contributed by atoms with Crippen LogP contribution in [-0.4, -0.2) is 63.4 Å². The summed E-state index contributed by atoms with van der Waals surface area (Å²) in [5.74, 6) is 0. The van der Waals surface area contributed by atoms with Crippen molar-refractivity contribution in [1.82, 2.24) is 5.32 Å². The van der Waals surface area contributed by atoms with Gasteiger partial charge in [0.1, 0.15) is 6.10 Å². The second-order valence-electron chi connectivity index (χ2n) is 4.64. The molecule has 0 aromatic heterocycles. The van der Waals surface area contributed by atoms with E-state index in [9.17, 15) is 24.8 Å². The van der Waals surface area contributed by atoms with Gasteiger partial charge in [0.05, 0.1) is 24.5 Å². The van der Waals surface area contributed by atoms with Crippen LogP contribution in [0.2, 0.25) is 0 Å². The van der Waals surface area contributed by atoms with Gasteiger partial charge in [0.2, 0.25) is 0 Å². The second kappa shape index (κ2) is 4.93. The monoisotopic (exact) mass is 267 g/mol. The van der Waals surface area contributed by atoms with Crippen LogP contribution < -0.4 is 5.32 Å². The first-order valence-corrected chi connectivity index (χ1v) is 7.31. The van der Waals surface area contributed by atoms with Gasteiger partial charge in [-0.15, -0.1) is 0 Å². The molecule has 2 fully saturated rings. The molecule has 0 aromatic carbocycles. The predicted molar refractivity (Wildman–Crippen MR) is 58.6 cm³/mol. The summed E-state index contributed by atoms with van der Waals surface area (Å²) < 4.78 is 16.4. The van der Waals surface area contributed by atoms with E-state index >= 15 is 0 Å². The molecular formula is C9H18NO6P. The molecule has 2 heterocycles. The van der Waals surface area contributed by atoms with Crippen LogP contribution in [0, 0.1) is 0 Å². The summed E-state index contributed by atoms with van der Waals surface area (Å²) >= 11 is 0. The molecule has 2 saturated heterocycles. The Balaban J connectivity index is 1.97. The zero-order valence-corrected chi connectivity index (χ0v) is 10.2. The Kier molecular flexibility index (Phi) is 3.89. The van der Waals surface area contributed by atoms with E-state index in [1.807, 2.05) is 0 Å². The van der Waals surface area contributed by atoms with Crippen molar-refractivity contribution in [3.63, 3.8) is 0 Å². The zero-order chi connectivity index (χ0) is 12.6. The smallest absolute Gasteiger partial charge is 0.331 e. The summed E-state index contributed by atoms with van der Waals surface area (Å²) in [4.78, 5) is 9.50. The molecule has 6 atom stereocenters. The molecule has 5 N–H and O–H groups in total. The Labute approximate surface area is 99.0 Å². The van der Waals surface area contributed by atoms with Gasteiger partial charge in [-0.05, 0) is 12.8 Å². The maximum absolute atomic E-state index is 11.6. The average Bonchev–Trinajstić information content (AvgIpc) is 2.59. The molecule has 0 spiro atoms. The van der Waals surface area contributed by atoms with Gasteiger partial charge in [-0.25, -0.2) is 0 Å². The lowest BCUT2D eigenvalue weighted by Gasteiger charge is -2.37. The standard InChI is InChI=1S/C9H18NO6P/c11-7-4-10-6(8(12)9(7)13)3-5-1-2-16-17(5,14)15/h5-13H,1-4H2,(H,14,15)/t5?,6-,7-,8-,9-/m1/s1. The van der Waals surface area contributed by atoms with E-state index in [1.165, 1.54) is 0 Å². The van der Waals surface area contributed by atoms with E-state index in [0.717, 1.165) is 0 Å². The molecule has 7 nitrogen and oxygen atoms in total. The fraction of sp³-hybridized carbons (Fsp3) is 1.00. The summed E-state index contributed by atoms with van der Waals surface area (Å²) in [6, 6.07) is -0.499. The third kappa shape index (κ3) is 2.71. The first kappa shape index (κ1) is 13.4. The molecule has 8 heteroatoms. The number of aliphatic hydroxyl groups is 3. The van der Waals surface area contributed by atoms with Gasteiger partial charge < -0.3 is 30.1 Å². The highest BCUT2D eigenvalue weighted by Gasteiger charge is 2.43. The Morgan fingerprint density at radius 2 is 2.00 bits per heavy atom. The summed E-state index contributed by atoms with van der Waals surface area (Å²) in [7, 11) is -3.58. The number of hydrogen-bond acceptors (Lipinski definition) is 6. The molecule has 0 aliphatic carbocycles. The lowest BCUT2D eigenvalue weighted by molar-refractivity contribution is -0.0951. The highest BCUT2D eigenvalue weighted by atomic mass is 31.2. The SMILES string of the molecule is O=P1(O)OCCC1C[C@H]1NC[C@@H](O)[C@@H](O)[C@@H]1O.